The molecule has 0 saturated heterocycles. The lowest BCUT2D eigenvalue weighted by Gasteiger charge is -2.17. The molecule has 2 aromatic carbocycles. The van der Waals surface area contributed by atoms with Crippen molar-refractivity contribution in [3.05, 3.63) is 68.7 Å². The second kappa shape index (κ2) is 7.98. The van der Waals surface area contributed by atoms with Crippen molar-refractivity contribution >= 4 is 27.5 Å². The molecule has 0 saturated carbocycles. The van der Waals surface area contributed by atoms with Crippen LogP contribution in [0.2, 0.25) is 5.02 Å². The van der Waals surface area contributed by atoms with Crippen LogP contribution in [0.3, 0.4) is 0 Å². The Hall–Kier alpha value is -0.830. The van der Waals surface area contributed by atoms with E-state index in [9.17, 15) is 0 Å². The molecule has 0 radical (unpaired) electrons. The monoisotopic (exact) mass is 365 g/mol. The van der Waals surface area contributed by atoms with E-state index in [-0.39, 0.29) is 0 Å². The van der Waals surface area contributed by atoms with Gasteiger partial charge in [0.25, 0.3) is 0 Å². The van der Waals surface area contributed by atoms with Gasteiger partial charge in [0, 0.05) is 15.5 Å². The number of nitrogens with one attached hydrogen (secondary N) is 1. The highest BCUT2D eigenvalue weighted by atomic mass is 79.9. The minimum Gasteiger partial charge on any atom is -0.317 e. The highest BCUT2D eigenvalue weighted by Gasteiger charge is 2.10. The molecule has 112 valence electrons. The zero-order valence-corrected chi connectivity index (χ0v) is 14.8. The maximum Gasteiger partial charge on any atom is 0.0449 e. The summed E-state index contributed by atoms with van der Waals surface area (Å²) in [5, 5.41) is 4.24. The van der Waals surface area contributed by atoms with Crippen molar-refractivity contribution in [3.63, 3.8) is 0 Å². The first-order valence-electron chi connectivity index (χ1n) is 7.25. The van der Waals surface area contributed by atoms with E-state index in [1.165, 1.54) is 16.7 Å². The van der Waals surface area contributed by atoms with Crippen LogP contribution in [0.5, 0.6) is 0 Å². The van der Waals surface area contributed by atoms with Gasteiger partial charge in [-0.2, -0.15) is 0 Å². The van der Waals surface area contributed by atoms with Crippen LogP contribution in [-0.2, 0) is 12.8 Å². The van der Waals surface area contributed by atoms with Crippen molar-refractivity contribution in [2.24, 2.45) is 0 Å². The third-order valence-corrected chi connectivity index (χ3v) is 4.60. The number of halogens is 2. The average molecular weight is 367 g/mol. The van der Waals surface area contributed by atoms with E-state index in [0.29, 0.717) is 6.04 Å². The van der Waals surface area contributed by atoms with E-state index in [2.05, 4.69) is 64.6 Å². The van der Waals surface area contributed by atoms with Gasteiger partial charge in [-0.15, -0.1) is 0 Å². The van der Waals surface area contributed by atoms with Gasteiger partial charge in [0.2, 0.25) is 0 Å². The smallest absolute Gasteiger partial charge is 0.0449 e. The van der Waals surface area contributed by atoms with Gasteiger partial charge in [-0.05, 0) is 56.5 Å². The molecule has 3 heteroatoms. The van der Waals surface area contributed by atoms with Crippen LogP contribution in [0.15, 0.2) is 46.9 Å². The first kappa shape index (κ1) is 16.5. The van der Waals surface area contributed by atoms with E-state index < -0.39 is 0 Å². The van der Waals surface area contributed by atoms with Crippen molar-refractivity contribution in [1.29, 1.82) is 0 Å². The predicted molar refractivity (Wildman–Crippen MR) is 95.2 cm³/mol. The first-order valence-corrected chi connectivity index (χ1v) is 8.42. The van der Waals surface area contributed by atoms with Gasteiger partial charge < -0.3 is 5.32 Å². The minimum atomic E-state index is 0.434. The Morgan fingerprint density at radius 2 is 2.00 bits per heavy atom. The summed E-state index contributed by atoms with van der Waals surface area (Å²) in [6.07, 6.45) is 3.14. The molecule has 0 fully saturated rings. The summed E-state index contributed by atoms with van der Waals surface area (Å²) in [6, 6.07) is 15.3. The van der Waals surface area contributed by atoms with Crippen LogP contribution in [0.4, 0.5) is 0 Å². The average Bonchev–Trinajstić information content (AvgIpc) is 2.45. The Morgan fingerprint density at radius 3 is 2.67 bits per heavy atom. The van der Waals surface area contributed by atoms with Gasteiger partial charge in [-0.3, -0.25) is 0 Å². The van der Waals surface area contributed by atoms with Crippen LogP contribution in [-0.4, -0.2) is 13.1 Å². The van der Waals surface area contributed by atoms with Gasteiger partial charge in [-0.25, -0.2) is 0 Å². The molecule has 0 aliphatic rings. The molecule has 0 amide bonds. The van der Waals surface area contributed by atoms with Crippen molar-refractivity contribution in [2.75, 3.05) is 7.05 Å². The number of hydrogen-bond acceptors (Lipinski definition) is 1. The summed E-state index contributed by atoms with van der Waals surface area (Å²) in [6.45, 7) is 2.14. The summed E-state index contributed by atoms with van der Waals surface area (Å²) in [5.74, 6) is 0. The lowest BCUT2D eigenvalue weighted by atomic mass is 9.98. The second-order valence-electron chi connectivity index (χ2n) is 5.45. The molecule has 2 aromatic rings. The standard InChI is InChI=1S/C18H21BrClN/c1-13-4-3-5-14(10-13)6-9-17(21-2)11-15-7-8-16(19)12-18(15)20/h3-5,7-8,10,12,17,21H,6,9,11H2,1-2H3. The van der Waals surface area contributed by atoms with E-state index >= 15 is 0 Å². The molecule has 0 heterocycles. The van der Waals surface area contributed by atoms with Gasteiger partial charge >= 0.3 is 0 Å². The highest BCUT2D eigenvalue weighted by molar-refractivity contribution is 9.10. The van der Waals surface area contributed by atoms with Crippen molar-refractivity contribution in [1.82, 2.24) is 5.32 Å². The van der Waals surface area contributed by atoms with Gasteiger partial charge in [0.05, 0.1) is 0 Å². The SMILES string of the molecule is CNC(CCc1cccc(C)c1)Cc1ccc(Br)cc1Cl. The van der Waals surface area contributed by atoms with Crippen molar-refractivity contribution in [2.45, 2.75) is 32.2 Å². The van der Waals surface area contributed by atoms with Crippen molar-refractivity contribution in [3.8, 4) is 0 Å². The van der Waals surface area contributed by atoms with E-state index in [1.807, 2.05) is 13.1 Å². The fourth-order valence-corrected chi connectivity index (χ4v) is 3.26. The largest absolute Gasteiger partial charge is 0.317 e. The van der Waals surface area contributed by atoms with Gasteiger partial charge in [0.1, 0.15) is 0 Å². The number of rotatable bonds is 6. The third-order valence-electron chi connectivity index (χ3n) is 3.75. The number of hydrogen-bond donors (Lipinski definition) is 1. The Kier molecular flexibility index (Phi) is 6.28. The van der Waals surface area contributed by atoms with Crippen molar-refractivity contribution < 1.29 is 0 Å². The molecule has 0 aromatic heterocycles. The topological polar surface area (TPSA) is 12.0 Å². The molecule has 0 bridgehead atoms. The fraction of sp³-hybridized carbons (Fsp3) is 0.333. The molecule has 21 heavy (non-hydrogen) atoms. The predicted octanol–water partition coefficient (Wildman–Crippen LogP) is 5.17. The number of benzene rings is 2. The number of likely N-dealkylation sites (N-methyl/N-ethyl adjacent to an activating group) is 1. The molecule has 0 spiro atoms. The molecule has 2 rings (SSSR count). The van der Waals surface area contributed by atoms with Crippen LogP contribution in [0.1, 0.15) is 23.1 Å². The first-order chi connectivity index (χ1) is 10.1. The quantitative estimate of drug-likeness (QED) is 0.743. The molecule has 1 nitrogen and oxygen atoms in total. The van der Waals surface area contributed by atoms with Crippen LogP contribution in [0, 0.1) is 6.92 Å². The minimum absolute atomic E-state index is 0.434. The molecule has 0 aliphatic heterocycles. The zero-order valence-electron chi connectivity index (χ0n) is 12.5. The van der Waals surface area contributed by atoms with Crippen LogP contribution >= 0.6 is 27.5 Å². The fourth-order valence-electron chi connectivity index (χ4n) is 2.51. The number of aryl methyl sites for hydroxylation is 2. The molecular formula is C18H21BrClN. The summed E-state index contributed by atoms with van der Waals surface area (Å²) < 4.78 is 1.03. The maximum absolute atomic E-state index is 6.31. The van der Waals surface area contributed by atoms with E-state index in [0.717, 1.165) is 28.8 Å². The zero-order chi connectivity index (χ0) is 15.2. The lowest BCUT2D eigenvalue weighted by molar-refractivity contribution is 0.520. The summed E-state index contributed by atoms with van der Waals surface area (Å²) in [5.41, 5.74) is 3.92. The lowest BCUT2D eigenvalue weighted by Crippen LogP contribution is -2.28. The van der Waals surface area contributed by atoms with E-state index in [1.54, 1.807) is 0 Å². The van der Waals surface area contributed by atoms with E-state index in [4.69, 9.17) is 11.6 Å². The molecular weight excluding hydrogens is 346 g/mol. The van der Waals surface area contributed by atoms with Gasteiger partial charge in [0.15, 0.2) is 0 Å². The highest BCUT2D eigenvalue weighted by Crippen LogP contribution is 2.23. The molecule has 1 unspecified atom stereocenters. The summed E-state index contributed by atoms with van der Waals surface area (Å²) in [4.78, 5) is 0. The Morgan fingerprint density at radius 1 is 1.19 bits per heavy atom. The third kappa shape index (κ3) is 5.14. The summed E-state index contributed by atoms with van der Waals surface area (Å²) >= 11 is 9.76. The molecule has 0 aliphatic carbocycles. The second-order valence-corrected chi connectivity index (χ2v) is 6.78. The Balaban J connectivity index is 1.97. The van der Waals surface area contributed by atoms with Crippen LogP contribution < -0.4 is 5.32 Å². The Bertz CT molecular complexity index is 598. The Labute approximate surface area is 140 Å². The summed E-state index contributed by atoms with van der Waals surface area (Å²) in [7, 11) is 2.02. The van der Waals surface area contributed by atoms with Crippen LogP contribution in [0.25, 0.3) is 0 Å². The van der Waals surface area contributed by atoms with Gasteiger partial charge in [-0.1, -0.05) is 63.4 Å². The molecule has 1 N–H and O–H groups in total. The molecule has 1 atom stereocenters. The normalized spacial score (nSPS) is 12.4. The maximum atomic E-state index is 6.31.